The van der Waals surface area contributed by atoms with E-state index in [1.807, 2.05) is 6.92 Å². The van der Waals surface area contributed by atoms with E-state index in [-0.39, 0.29) is 11.3 Å². The van der Waals surface area contributed by atoms with Crippen molar-refractivity contribution in [3.05, 3.63) is 0 Å². The lowest BCUT2D eigenvalue weighted by Gasteiger charge is -1.97. The average molecular weight is 173 g/mol. The maximum atomic E-state index is 11.0. The largest absolute Gasteiger partial charge is 0.461 e. The minimum absolute atomic E-state index is 0.217. The van der Waals surface area contributed by atoms with Crippen LogP contribution in [0, 0.1) is 0 Å². The van der Waals surface area contributed by atoms with Gasteiger partial charge in [0.15, 0.2) is 0 Å². The van der Waals surface area contributed by atoms with E-state index < -0.39 is 0 Å². The third-order valence-corrected chi connectivity index (χ3v) is 2.34. The first-order valence-corrected chi connectivity index (χ1v) is 4.64. The van der Waals surface area contributed by atoms with Gasteiger partial charge in [-0.05, 0) is 13.8 Å². The molecule has 0 N–H and O–H groups in total. The van der Waals surface area contributed by atoms with E-state index in [0.29, 0.717) is 18.1 Å². The molecule has 1 aliphatic rings. The molecule has 1 heterocycles. The highest BCUT2D eigenvalue weighted by molar-refractivity contribution is 8.01. The quantitative estimate of drug-likeness (QED) is 0.586. The van der Waals surface area contributed by atoms with Crippen LogP contribution in [0.2, 0.25) is 0 Å². The third-order valence-electron chi connectivity index (χ3n) is 1.31. The fourth-order valence-corrected chi connectivity index (χ4v) is 1.61. The van der Waals surface area contributed by atoms with E-state index in [9.17, 15) is 4.79 Å². The van der Waals surface area contributed by atoms with Crippen molar-refractivity contribution >= 4 is 23.4 Å². The fraction of sp³-hybridized carbons (Fsp3) is 0.714. The summed E-state index contributed by atoms with van der Waals surface area (Å²) in [5, 5.41) is 0.217. The molecule has 0 spiro atoms. The molecule has 0 saturated heterocycles. The van der Waals surface area contributed by atoms with Gasteiger partial charge in [0.2, 0.25) is 0 Å². The maximum absolute atomic E-state index is 11.0. The van der Waals surface area contributed by atoms with Gasteiger partial charge >= 0.3 is 5.97 Å². The van der Waals surface area contributed by atoms with Crippen molar-refractivity contribution in [1.29, 1.82) is 0 Å². The summed E-state index contributed by atoms with van der Waals surface area (Å²) < 4.78 is 4.79. The highest BCUT2D eigenvalue weighted by Gasteiger charge is 2.20. The Hall–Kier alpha value is -0.510. The Kier molecular flexibility index (Phi) is 2.93. The molecule has 0 fully saturated rings. The molecule has 1 rings (SSSR count). The molecule has 4 heteroatoms. The molecule has 0 radical (unpaired) electrons. The standard InChI is InChI=1S/C7H11NO2S/c1-3-10-7(9)6-4-11-5(2)8-6/h5H,3-4H2,1-2H3. The van der Waals surface area contributed by atoms with Crippen LogP contribution >= 0.6 is 11.8 Å². The van der Waals surface area contributed by atoms with Gasteiger partial charge < -0.3 is 4.74 Å². The van der Waals surface area contributed by atoms with Crippen LogP contribution in [0.3, 0.4) is 0 Å². The van der Waals surface area contributed by atoms with Gasteiger partial charge in [-0.2, -0.15) is 0 Å². The second-order valence-electron chi connectivity index (χ2n) is 2.21. The van der Waals surface area contributed by atoms with Crippen molar-refractivity contribution in [2.75, 3.05) is 12.4 Å². The van der Waals surface area contributed by atoms with Gasteiger partial charge in [0.25, 0.3) is 0 Å². The number of carbonyl (C=O) groups is 1. The Morgan fingerprint density at radius 2 is 2.64 bits per heavy atom. The lowest BCUT2D eigenvalue weighted by atomic mass is 10.4. The minimum atomic E-state index is -0.260. The van der Waals surface area contributed by atoms with E-state index in [1.165, 1.54) is 0 Å². The van der Waals surface area contributed by atoms with Crippen LogP contribution in [0.15, 0.2) is 4.99 Å². The molecule has 3 nitrogen and oxygen atoms in total. The first-order chi connectivity index (χ1) is 5.24. The Morgan fingerprint density at radius 1 is 1.91 bits per heavy atom. The van der Waals surface area contributed by atoms with E-state index >= 15 is 0 Å². The van der Waals surface area contributed by atoms with E-state index in [1.54, 1.807) is 18.7 Å². The second-order valence-corrected chi connectivity index (χ2v) is 3.51. The number of rotatable bonds is 2. The Morgan fingerprint density at radius 3 is 3.09 bits per heavy atom. The number of ether oxygens (including phenoxy) is 1. The van der Waals surface area contributed by atoms with Crippen LogP contribution < -0.4 is 0 Å². The Bertz CT molecular complexity index is 191. The zero-order valence-corrected chi connectivity index (χ0v) is 7.48. The molecule has 62 valence electrons. The van der Waals surface area contributed by atoms with Crippen LogP contribution in [0.5, 0.6) is 0 Å². The highest BCUT2D eigenvalue weighted by atomic mass is 32.2. The molecule has 0 amide bonds. The maximum Gasteiger partial charge on any atom is 0.353 e. The van der Waals surface area contributed by atoms with Gasteiger partial charge in [0.05, 0.1) is 12.0 Å². The van der Waals surface area contributed by atoms with Crippen molar-refractivity contribution in [1.82, 2.24) is 0 Å². The minimum Gasteiger partial charge on any atom is -0.461 e. The van der Waals surface area contributed by atoms with Crippen LogP contribution in [-0.4, -0.2) is 29.4 Å². The molecule has 0 saturated carbocycles. The molecule has 0 aliphatic carbocycles. The van der Waals surface area contributed by atoms with Gasteiger partial charge in [0, 0.05) is 5.75 Å². The predicted molar refractivity (Wildman–Crippen MR) is 46.0 cm³/mol. The summed E-state index contributed by atoms with van der Waals surface area (Å²) in [7, 11) is 0. The number of nitrogens with zero attached hydrogens (tertiary/aromatic N) is 1. The number of esters is 1. The van der Waals surface area contributed by atoms with Crippen LogP contribution in [0.1, 0.15) is 13.8 Å². The van der Waals surface area contributed by atoms with Crippen LogP contribution in [0.4, 0.5) is 0 Å². The average Bonchev–Trinajstić information content (AvgIpc) is 2.36. The van der Waals surface area contributed by atoms with Gasteiger partial charge in [-0.25, -0.2) is 4.79 Å². The number of carbonyl (C=O) groups excluding carboxylic acids is 1. The number of aliphatic imine (C=N–C) groups is 1. The zero-order chi connectivity index (χ0) is 8.27. The molecule has 1 atom stereocenters. The van der Waals surface area contributed by atoms with E-state index in [0.717, 1.165) is 0 Å². The molecular formula is C7H11NO2S. The first kappa shape index (κ1) is 8.59. The highest BCUT2D eigenvalue weighted by Crippen LogP contribution is 2.19. The van der Waals surface area contributed by atoms with Crippen LogP contribution in [-0.2, 0) is 9.53 Å². The number of hydrogen-bond acceptors (Lipinski definition) is 4. The summed E-state index contributed by atoms with van der Waals surface area (Å²) in [6.07, 6.45) is 0. The topological polar surface area (TPSA) is 38.7 Å². The van der Waals surface area contributed by atoms with Gasteiger partial charge in [-0.1, -0.05) is 0 Å². The number of thioether (sulfide) groups is 1. The van der Waals surface area contributed by atoms with Crippen molar-refractivity contribution in [2.24, 2.45) is 4.99 Å². The van der Waals surface area contributed by atoms with Crippen LogP contribution in [0.25, 0.3) is 0 Å². The van der Waals surface area contributed by atoms with Gasteiger partial charge in [-0.3, -0.25) is 4.99 Å². The molecule has 0 aromatic heterocycles. The molecule has 0 bridgehead atoms. The van der Waals surface area contributed by atoms with E-state index in [2.05, 4.69) is 4.99 Å². The molecule has 0 aromatic carbocycles. The van der Waals surface area contributed by atoms with Crippen molar-refractivity contribution in [2.45, 2.75) is 19.2 Å². The van der Waals surface area contributed by atoms with E-state index in [4.69, 9.17) is 4.74 Å². The summed E-state index contributed by atoms with van der Waals surface area (Å²) in [5.74, 6) is 0.435. The monoisotopic (exact) mass is 173 g/mol. The molecular weight excluding hydrogens is 162 g/mol. The normalized spacial score (nSPS) is 23.1. The van der Waals surface area contributed by atoms with Crippen molar-refractivity contribution < 1.29 is 9.53 Å². The lowest BCUT2D eigenvalue weighted by Crippen LogP contribution is -2.17. The van der Waals surface area contributed by atoms with Crippen molar-refractivity contribution in [3.8, 4) is 0 Å². The summed E-state index contributed by atoms with van der Waals surface area (Å²) in [4.78, 5) is 15.1. The van der Waals surface area contributed by atoms with Gasteiger partial charge in [0.1, 0.15) is 5.71 Å². The van der Waals surface area contributed by atoms with Crippen molar-refractivity contribution in [3.63, 3.8) is 0 Å². The summed E-state index contributed by atoms with van der Waals surface area (Å²) in [6, 6.07) is 0. The lowest BCUT2D eigenvalue weighted by molar-refractivity contribution is -0.135. The van der Waals surface area contributed by atoms with Gasteiger partial charge in [-0.15, -0.1) is 11.8 Å². The smallest absolute Gasteiger partial charge is 0.353 e. The number of hydrogen-bond donors (Lipinski definition) is 0. The Balaban J connectivity index is 2.48. The second kappa shape index (κ2) is 3.76. The zero-order valence-electron chi connectivity index (χ0n) is 6.66. The third kappa shape index (κ3) is 2.22. The molecule has 0 aromatic rings. The Labute approximate surface area is 70.2 Å². The fourth-order valence-electron chi connectivity index (χ4n) is 0.820. The predicted octanol–water partition coefficient (Wildman–Crippen LogP) is 1.08. The molecule has 11 heavy (non-hydrogen) atoms. The SMILES string of the molecule is CCOC(=O)C1=NC(C)SC1. The summed E-state index contributed by atoms with van der Waals surface area (Å²) in [5.41, 5.74) is 0.573. The molecule has 1 aliphatic heterocycles. The summed E-state index contributed by atoms with van der Waals surface area (Å²) >= 11 is 1.65. The molecule has 1 unspecified atom stereocenters. The first-order valence-electron chi connectivity index (χ1n) is 3.59. The summed E-state index contributed by atoms with van der Waals surface area (Å²) in [6.45, 7) is 4.19.